The maximum absolute atomic E-state index is 11.1. The quantitative estimate of drug-likeness (QED) is 0.771. The Kier molecular flexibility index (Phi) is 3.45. The summed E-state index contributed by atoms with van der Waals surface area (Å²) >= 11 is 5.45. The van der Waals surface area contributed by atoms with Gasteiger partial charge < -0.3 is 4.74 Å². The first-order valence-electron chi connectivity index (χ1n) is 5.15. The van der Waals surface area contributed by atoms with Gasteiger partial charge in [-0.3, -0.25) is 4.79 Å². The van der Waals surface area contributed by atoms with Gasteiger partial charge in [0.25, 0.3) is 5.24 Å². The number of benzene rings is 2. The van der Waals surface area contributed by atoms with Crippen LogP contribution in [0.15, 0.2) is 48.5 Å². The smallest absolute Gasteiger partial charge is 0.252 e. The molecule has 0 heterocycles. The van der Waals surface area contributed by atoms with Crippen LogP contribution in [-0.4, -0.2) is 12.4 Å². The van der Waals surface area contributed by atoms with Gasteiger partial charge in [0.1, 0.15) is 5.75 Å². The van der Waals surface area contributed by atoms with Crippen LogP contribution in [0.1, 0.15) is 10.4 Å². The largest absolute Gasteiger partial charge is 0.497 e. The van der Waals surface area contributed by atoms with Gasteiger partial charge in [0.2, 0.25) is 0 Å². The van der Waals surface area contributed by atoms with Crippen molar-refractivity contribution in [2.75, 3.05) is 7.11 Å². The van der Waals surface area contributed by atoms with Crippen LogP contribution in [0, 0.1) is 0 Å². The van der Waals surface area contributed by atoms with Gasteiger partial charge in [0.15, 0.2) is 0 Å². The fourth-order valence-electron chi connectivity index (χ4n) is 1.60. The monoisotopic (exact) mass is 246 g/mol. The second-order valence-electron chi connectivity index (χ2n) is 3.58. The summed E-state index contributed by atoms with van der Waals surface area (Å²) in [5.41, 5.74) is 2.48. The summed E-state index contributed by atoms with van der Waals surface area (Å²) in [6, 6.07) is 14.9. The molecule has 0 N–H and O–H groups in total. The van der Waals surface area contributed by atoms with E-state index in [0.29, 0.717) is 5.56 Å². The summed E-state index contributed by atoms with van der Waals surface area (Å²) in [5.74, 6) is 0.804. The van der Waals surface area contributed by atoms with Crippen molar-refractivity contribution in [3.8, 4) is 16.9 Å². The molecule has 0 saturated heterocycles. The van der Waals surface area contributed by atoms with E-state index in [1.807, 2.05) is 36.4 Å². The van der Waals surface area contributed by atoms with Gasteiger partial charge in [0, 0.05) is 5.56 Å². The van der Waals surface area contributed by atoms with Gasteiger partial charge in [-0.05, 0) is 40.9 Å². The highest BCUT2D eigenvalue weighted by atomic mass is 35.5. The molecule has 0 aromatic heterocycles. The Hall–Kier alpha value is -1.80. The first-order valence-corrected chi connectivity index (χ1v) is 5.53. The Morgan fingerprint density at radius 1 is 1.06 bits per heavy atom. The zero-order chi connectivity index (χ0) is 12.3. The summed E-state index contributed by atoms with van der Waals surface area (Å²) in [5, 5.41) is -0.444. The molecule has 0 fully saturated rings. The van der Waals surface area contributed by atoms with Gasteiger partial charge in [-0.1, -0.05) is 30.3 Å². The summed E-state index contributed by atoms with van der Waals surface area (Å²) < 4.78 is 5.09. The standard InChI is InChI=1S/C14H11ClO2/c1-17-13-7-5-10(6-8-13)11-3-2-4-12(9-11)14(15)16/h2-9H,1H3. The fourth-order valence-corrected chi connectivity index (χ4v) is 1.72. The Labute approximate surface area is 105 Å². The molecule has 0 aliphatic rings. The zero-order valence-corrected chi connectivity index (χ0v) is 10.1. The van der Waals surface area contributed by atoms with Gasteiger partial charge >= 0.3 is 0 Å². The molecule has 0 spiro atoms. The van der Waals surface area contributed by atoms with E-state index >= 15 is 0 Å². The van der Waals surface area contributed by atoms with Crippen molar-refractivity contribution in [1.82, 2.24) is 0 Å². The highest BCUT2D eigenvalue weighted by molar-refractivity contribution is 6.67. The molecule has 3 heteroatoms. The van der Waals surface area contributed by atoms with Gasteiger partial charge in [-0.25, -0.2) is 0 Å². The number of carbonyl (C=O) groups is 1. The number of halogens is 1. The Morgan fingerprint density at radius 2 is 1.76 bits per heavy atom. The molecule has 2 aromatic rings. The van der Waals surface area contributed by atoms with E-state index in [-0.39, 0.29) is 0 Å². The molecule has 2 rings (SSSR count). The highest BCUT2D eigenvalue weighted by Gasteiger charge is 2.04. The van der Waals surface area contributed by atoms with Crippen molar-refractivity contribution in [3.05, 3.63) is 54.1 Å². The summed E-state index contributed by atoms with van der Waals surface area (Å²) in [6.45, 7) is 0. The maximum Gasteiger partial charge on any atom is 0.252 e. The molecule has 0 bridgehead atoms. The molecule has 86 valence electrons. The van der Waals surface area contributed by atoms with Crippen LogP contribution in [0.3, 0.4) is 0 Å². The minimum Gasteiger partial charge on any atom is -0.497 e. The molecule has 0 saturated carbocycles. The third-order valence-corrected chi connectivity index (χ3v) is 2.73. The number of hydrogen-bond acceptors (Lipinski definition) is 2. The molecule has 0 atom stereocenters. The van der Waals surface area contributed by atoms with Crippen LogP contribution in [0.25, 0.3) is 11.1 Å². The lowest BCUT2D eigenvalue weighted by molar-refractivity contribution is 0.108. The average molecular weight is 247 g/mol. The lowest BCUT2D eigenvalue weighted by Crippen LogP contribution is -1.89. The summed E-state index contributed by atoms with van der Waals surface area (Å²) in [4.78, 5) is 11.1. The van der Waals surface area contributed by atoms with E-state index in [4.69, 9.17) is 16.3 Å². The first-order chi connectivity index (χ1) is 8.20. The SMILES string of the molecule is COc1ccc(-c2cccc(C(=O)Cl)c2)cc1. The summed E-state index contributed by atoms with van der Waals surface area (Å²) in [7, 11) is 1.63. The molecule has 0 aliphatic heterocycles. The number of ether oxygens (including phenoxy) is 1. The second-order valence-corrected chi connectivity index (χ2v) is 3.93. The normalized spacial score (nSPS) is 10.0. The van der Waals surface area contributed by atoms with Crippen LogP contribution in [0.4, 0.5) is 0 Å². The van der Waals surface area contributed by atoms with Crippen LogP contribution in [0.5, 0.6) is 5.75 Å². The molecule has 17 heavy (non-hydrogen) atoms. The molecule has 0 aliphatic carbocycles. The Balaban J connectivity index is 2.38. The van der Waals surface area contributed by atoms with Crippen LogP contribution in [0.2, 0.25) is 0 Å². The highest BCUT2D eigenvalue weighted by Crippen LogP contribution is 2.23. The van der Waals surface area contributed by atoms with Crippen molar-refractivity contribution in [3.63, 3.8) is 0 Å². The lowest BCUT2D eigenvalue weighted by Gasteiger charge is -2.04. The van der Waals surface area contributed by atoms with E-state index in [0.717, 1.165) is 16.9 Å². The van der Waals surface area contributed by atoms with Gasteiger partial charge in [-0.2, -0.15) is 0 Å². The summed E-state index contributed by atoms with van der Waals surface area (Å²) in [6.07, 6.45) is 0. The van der Waals surface area contributed by atoms with Crippen LogP contribution in [-0.2, 0) is 0 Å². The zero-order valence-electron chi connectivity index (χ0n) is 9.31. The second kappa shape index (κ2) is 5.02. The number of rotatable bonds is 3. The minimum atomic E-state index is -0.444. The van der Waals surface area contributed by atoms with Crippen LogP contribution >= 0.6 is 11.6 Å². The third-order valence-electron chi connectivity index (χ3n) is 2.51. The molecule has 2 nitrogen and oxygen atoms in total. The predicted octanol–water partition coefficient (Wildman–Crippen LogP) is 3.74. The molecular formula is C14H11ClO2. The average Bonchev–Trinajstić information content (AvgIpc) is 2.39. The predicted molar refractivity (Wildman–Crippen MR) is 68.6 cm³/mol. The van der Waals surface area contributed by atoms with Gasteiger partial charge in [0.05, 0.1) is 7.11 Å². The van der Waals surface area contributed by atoms with Gasteiger partial charge in [-0.15, -0.1) is 0 Å². The fraction of sp³-hybridized carbons (Fsp3) is 0.0714. The van der Waals surface area contributed by atoms with Crippen LogP contribution < -0.4 is 4.74 Å². The van der Waals surface area contributed by atoms with Crippen molar-refractivity contribution in [2.45, 2.75) is 0 Å². The van der Waals surface area contributed by atoms with E-state index in [1.54, 1.807) is 19.2 Å². The van der Waals surface area contributed by atoms with Crippen molar-refractivity contribution < 1.29 is 9.53 Å². The molecule has 0 unspecified atom stereocenters. The van der Waals surface area contributed by atoms with E-state index in [2.05, 4.69) is 0 Å². The van der Waals surface area contributed by atoms with Crippen molar-refractivity contribution >= 4 is 16.8 Å². The molecule has 0 amide bonds. The topological polar surface area (TPSA) is 26.3 Å². The number of carbonyl (C=O) groups excluding carboxylic acids is 1. The van der Waals surface area contributed by atoms with Crippen molar-refractivity contribution in [2.24, 2.45) is 0 Å². The van der Waals surface area contributed by atoms with E-state index in [9.17, 15) is 4.79 Å². The maximum atomic E-state index is 11.1. The molecule has 0 radical (unpaired) electrons. The first kappa shape index (κ1) is 11.7. The van der Waals surface area contributed by atoms with E-state index in [1.165, 1.54) is 0 Å². The Morgan fingerprint density at radius 3 is 2.35 bits per heavy atom. The van der Waals surface area contributed by atoms with E-state index < -0.39 is 5.24 Å². The number of hydrogen-bond donors (Lipinski definition) is 0. The lowest BCUT2D eigenvalue weighted by atomic mass is 10.0. The van der Waals surface area contributed by atoms with Crippen molar-refractivity contribution in [1.29, 1.82) is 0 Å². The molecular weight excluding hydrogens is 236 g/mol. The number of methoxy groups -OCH3 is 1. The third kappa shape index (κ3) is 2.66. The minimum absolute atomic E-state index is 0.444. The Bertz CT molecular complexity index is 532. The molecule has 2 aromatic carbocycles.